The van der Waals surface area contributed by atoms with Crippen LogP contribution in [0.2, 0.25) is 0 Å². The van der Waals surface area contributed by atoms with E-state index in [1.807, 2.05) is 20.0 Å². The van der Waals surface area contributed by atoms with Gasteiger partial charge >= 0.3 is 12.0 Å². The van der Waals surface area contributed by atoms with Gasteiger partial charge in [-0.25, -0.2) is 14.8 Å². The fraction of sp³-hybridized carbons (Fsp3) is 0.364. The zero-order valence-corrected chi connectivity index (χ0v) is 11.0. The molecule has 0 saturated heterocycles. The summed E-state index contributed by atoms with van der Waals surface area (Å²) in [6, 6.07) is -0.150. The lowest BCUT2D eigenvalue weighted by Crippen LogP contribution is -2.31. The zero-order chi connectivity index (χ0) is 13.0. The molecular weight excluding hydrogens is 252 g/mol. The molecule has 0 radical (unpaired) electrons. The minimum atomic E-state index is -0.336. The van der Waals surface area contributed by atoms with Crippen molar-refractivity contribution < 1.29 is 9.21 Å². The molecule has 0 aromatic carbocycles. The Hall–Kier alpha value is -1.89. The summed E-state index contributed by atoms with van der Waals surface area (Å²) in [6.07, 6.45) is 4.70. The molecule has 18 heavy (non-hydrogen) atoms. The summed E-state index contributed by atoms with van der Waals surface area (Å²) in [5.74, 6) is 0.180. The van der Waals surface area contributed by atoms with Crippen molar-refractivity contribution in [2.24, 2.45) is 0 Å². The van der Waals surface area contributed by atoms with Crippen molar-refractivity contribution in [2.45, 2.75) is 19.8 Å². The minimum Gasteiger partial charge on any atom is -0.432 e. The van der Waals surface area contributed by atoms with Gasteiger partial charge < -0.3 is 9.73 Å². The molecule has 2 aromatic rings. The van der Waals surface area contributed by atoms with Crippen LogP contribution in [0.4, 0.5) is 10.8 Å². The van der Waals surface area contributed by atoms with Crippen molar-refractivity contribution >= 4 is 23.4 Å². The second-order valence-corrected chi connectivity index (χ2v) is 5.15. The molecule has 1 atom stereocenters. The van der Waals surface area contributed by atoms with Gasteiger partial charge in [0.25, 0.3) is 0 Å². The number of carbonyl (C=O) groups is 1. The zero-order valence-electron chi connectivity index (χ0n) is 10.1. The summed E-state index contributed by atoms with van der Waals surface area (Å²) in [5.41, 5.74) is 0. The highest BCUT2D eigenvalue weighted by molar-refractivity contribution is 7.11. The lowest BCUT2D eigenvalue weighted by molar-refractivity contribution is 0.251. The van der Waals surface area contributed by atoms with Crippen molar-refractivity contribution in [3.8, 4) is 0 Å². The number of nitrogens with zero attached hydrogens (tertiary/aromatic N) is 2. The van der Waals surface area contributed by atoms with E-state index in [1.54, 1.807) is 11.3 Å². The summed E-state index contributed by atoms with van der Waals surface area (Å²) in [6.45, 7) is 4.54. The van der Waals surface area contributed by atoms with E-state index in [9.17, 15) is 4.79 Å². The smallest absolute Gasteiger partial charge is 0.322 e. The van der Waals surface area contributed by atoms with E-state index in [0.29, 0.717) is 6.54 Å². The van der Waals surface area contributed by atoms with Gasteiger partial charge in [0, 0.05) is 23.5 Å². The van der Waals surface area contributed by atoms with Crippen molar-refractivity contribution in [3.05, 3.63) is 28.5 Å². The molecule has 0 fully saturated rings. The SMILES string of the molecule is Cc1cnc(C(C)CNC(=O)Nc2ncco2)s1. The lowest BCUT2D eigenvalue weighted by Gasteiger charge is -2.09. The average Bonchev–Trinajstić information content (AvgIpc) is 2.97. The lowest BCUT2D eigenvalue weighted by atomic mass is 10.2. The first-order valence-electron chi connectivity index (χ1n) is 5.52. The van der Waals surface area contributed by atoms with E-state index >= 15 is 0 Å². The highest BCUT2D eigenvalue weighted by atomic mass is 32.1. The van der Waals surface area contributed by atoms with E-state index in [1.165, 1.54) is 17.3 Å². The van der Waals surface area contributed by atoms with Crippen LogP contribution >= 0.6 is 11.3 Å². The maximum Gasteiger partial charge on any atom is 0.322 e. The predicted molar refractivity (Wildman–Crippen MR) is 68.8 cm³/mol. The normalized spacial score (nSPS) is 12.1. The van der Waals surface area contributed by atoms with Crippen LogP contribution < -0.4 is 10.6 Å². The number of hydrogen-bond acceptors (Lipinski definition) is 5. The Morgan fingerprint density at radius 1 is 1.56 bits per heavy atom. The predicted octanol–water partition coefficient (Wildman–Crippen LogP) is 2.36. The van der Waals surface area contributed by atoms with E-state index in [4.69, 9.17) is 4.42 Å². The van der Waals surface area contributed by atoms with E-state index in [2.05, 4.69) is 20.6 Å². The number of rotatable bonds is 4. The van der Waals surface area contributed by atoms with Crippen molar-refractivity contribution in [2.75, 3.05) is 11.9 Å². The quantitative estimate of drug-likeness (QED) is 0.890. The molecule has 1 unspecified atom stereocenters. The third-order valence-electron chi connectivity index (χ3n) is 2.28. The first-order valence-corrected chi connectivity index (χ1v) is 6.33. The Kier molecular flexibility index (Phi) is 3.93. The molecule has 0 aliphatic carbocycles. The number of oxazole rings is 1. The Morgan fingerprint density at radius 2 is 2.39 bits per heavy atom. The first-order chi connectivity index (χ1) is 8.65. The Morgan fingerprint density at radius 3 is 3.00 bits per heavy atom. The number of nitrogens with one attached hydrogen (secondary N) is 2. The maximum atomic E-state index is 11.5. The van der Waals surface area contributed by atoms with Crippen molar-refractivity contribution in [3.63, 3.8) is 0 Å². The molecule has 6 nitrogen and oxygen atoms in total. The third-order valence-corrected chi connectivity index (χ3v) is 3.43. The van der Waals surface area contributed by atoms with E-state index in [-0.39, 0.29) is 18.0 Å². The van der Waals surface area contributed by atoms with Crippen LogP contribution in [0.5, 0.6) is 0 Å². The summed E-state index contributed by atoms with van der Waals surface area (Å²) < 4.78 is 4.91. The van der Waals surface area contributed by atoms with Gasteiger partial charge in [-0.05, 0) is 6.92 Å². The van der Waals surface area contributed by atoms with Crippen molar-refractivity contribution in [1.29, 1.82) is 0 Å². The van der Waals surface area contributed by atoms with Crippen molar-refractivity contribution in [1.82, 2.24) is 15.3 Å². The van der Waals surface area contributed by atoms with Gasteiger partial charge in [0.05, 0.1) is 11.2 Å². The average molecular weight is 266 g/mol. The van der Waals surface area contributed by atoms with Crippen LogP contribution in [0.15, 0.2) is 23.1 Å². The van der Waals surface area contributed by atoms with Crippen LogP contribution in [0.25, 0.3) is 0 Å². The molecule has 7 heteroatoms. The number of urea groups is 1. The Balaban J connectivity index is 1.79. The topological polar surface area (TPSA) is 80.0 Å². The second-order valence-electron chi connectivity index (χ2n) is 3.88. The molecule has 2 aromatic heterocycles. The molecule has 0 saturated carbocycles. The molecule has 2 rings (SSSR count). The summed E-state index contributed by atoms with van der Waals surface area (Å²) in [4.78, 5) is 20.8. The van der Waals surface area contributed by atoms with Crippen LogP contribution in [0.3, 0.4) is 0 Å². The van der Waals surface area contributed by atoms with E-state index < -0.39 is 0 Å². The monoisotopic (exact) mass is 266 g/mol. The van der Waals surface area contributed by atoms with Gasteiger partial charge in [-0.2, -0.15) is 0 Å². The fourth-order valence-electron chi connectivity index (χ4n) is 1.36. The Bertz CT molecular complexity index is 509. The van der Waals surface area contributed by atoms with Gasteiger partial charge in [0.2, 0.25) is 0 Å². The molecule has 2 N–H and O–H groups in total. The number of carbonyl (C=O) groups excluding carboxylic acids is 1. The number of hydrogen-bond donors (Lipinski definition) is 2. The summed E-state index contributed by atoms with van der Waals surface area (Å²) >= 11 is 1.64. The number of amides is 2. The van der Waals surface area contributed by atoms with Gasteiger partial charge in [0.15, 0.2) is 0 Å². The first kappa shape index (κ1) is 12.6. The second kappa shape index (κ2) is 5.63. The third kappa shape index (κ3) is 3.30. The fourth-order valence-corrected chi connectivity index (χ4v) is 2.18. The highest BCUT2D eigenvalue weighted by Crippen LogP contribution is 2.20. The van der Waals surface area contributed by atoms with Gasteiger partial charge in [-0.3, -0.25) is 5.32 Å². The molecule has 96 valence electrons. The molecular formula is C11H14N4O2S. The molecule has 0 aliphatic heterocycles. The summed E-state index contributed by atoms with van der Waals surface area (Å²) in [5, 5.41) is 6.25. The van der Waals surface area contributed by atoms with Crippen LogP contribution in [-0.4, -0.2) is 22.5 Å². The van der Waals surface area contributed by atoms with Crippen LogP contribution in [-0.2, 0) is 0 Å². The van der Waals surface area contributed by atoms with Crippen LogP contribution in [0.1, 0.15) is 22.7 Å². The number of aromatic nitrogens is 2. The standard InChI is InChI=1S/C11H14N4O2S/c1-7(9-13-6-8(2)18-9)5-14-10(16)15-11-12-3-4-17-11/h3-4,6-7H,5H2,1-2H3,(H2,12,14,15,16). The largest absolute Gasteiger partial charge is 0.432 e. The molecule has 2 amide bonds. The van der Waals surface area contributed by atoms with Crippen LogP contribution in [0, 0.1) is 6.92 Å². The molecule has 0 bridgehead atoms. The molecule has 0 aliphatic rings. The molecule has 0 spiro atoms. The number of thiazole rings is 1. The van der Waals surface area contributed by atoms with Gasteiger partial charge in [0.1, 0.15) is 6.26 Å². The highest BCUT2D eigenvalue weighted by Gasteiger charge is 2.11. The minimum absolute atomic E-state index is 0.180. The van der Waals surface area contributed by atoms with Gasteiger partial charge in [-0.15, -0.1) is 11.3 Å². The van der Waals surface area contributed by atoms with E-state index in [0.717, 1.165) is 5.01 Å². The Labute approximate surface area is 108 Å². The summed E-state index contributed by atoms with van der Waals surface area (Å²) in [7, 11) is 0. The number of aryl methyl sites for hydroxylation is 1. The van der Waals surface area contributed by atoms with Gasteiger partial charge in [-0.1, -0.05) is 6.92 Å². The molecule has 2 heterocycles. The maximum absolute atomic E-state index is 11.5. The number of anilines is 1.